The normalized spacial score (nSPS) is 11.1. The number of nitrogens with one attached hydrogen (secondary N) is 1. The molecule has 3 aromatic rings. The summed E-state index contributed by atoms with van der Waals surface area (Å²) < 4.78 is 32.4. The molecule has 0 spiro atoms. The number of benzene rings is 3. The molecule has 30 heavy (non-hydrogen) atoms. The zero-order chi connectivity index (χ0) is 21.9. The van der Waals surface area contributed by atoms with Crippen LogP contribution in [0.15, 0.2) is 71.6 Å². The molecule has 0 fully saturated rings. The van der Waals surface area contributed by atoms with Crippen molar-refractivity contribution in [3.63, 3.8) is 0 Å². The number of amides is 1. The van der Waals surface area contributed by atoms with E-state index in [9.17, 15) is 13.2 Å². The Bertz CT molecular complexity index is 1170. The smallest absolute Gasteiger partial charge is 0.264 e. The van der Waals surface area contributed by atoms with Gasteiger partial charge in [-0.05, 0) is 61.9 Å². The Labute approximate surface area is 177 Å². The highest BCUT2D eigenvalue weighted by Crippen LogP contribution is 2.27. The fourth-order valence-corrected chi connectivity index (χ4v) is 4.15. The number of aryl methyl sites for hydroxylation is 2. The lowest BCUT2D eigenvalue weighted by atomic mass is 10.1. The first-order valence-electron chi connectivity index (χ1n) is 9.34. The fourth-order valence-electron chi connectivity index (χ4n) is 2.96. The Hall–Kier alpha value is -3.32. The number of hydrogen-bond acceptors (Lipinski definition) is 4. The summed E-state index contributed by atoms with van der Waals surface area (Å²) in [7, 11) is -0.743. The van der Waals surface area contributed by atoms with E-state index in [1.165, 1.54) is 18.5 Å². The molecule has 0 atom stereocenters. The summed E-state index contributed by atoms with van der Waals surface area (Å²) in [6.45, 7) is 3.81. The molecular weight excluding hydrogens is 400 g/mol. The van der Waals surface area contributed by atoms with Gasteiger partial charge in [-0.1, -0.05) is 29.8 Å². The van der Waals surface area contributed by atoms with Gasteiger partial charge >= 0.3 is 0 Å². The molecule has 3 aromatic carbocycles. The number of rotatable bonds is 6. The average Bonchev–Trinajstić information content (AvgIpc) is 2.73. The van der Waals surface area contributed by atoms with Gasteiger partial charge in [0, 0.05) is 12.6 Å². The number of nitrogens with zero attached hydrogens (tertiary/aromatic N) is 1. The Kier molecular flexibility index (Phi) is 6.12. The van der Waals surface area contributed by atoms with Gasteiger partial charge in [-0.25, -0.2) is 8.42 Å². The summed E-state index contributed by atoms with van der Waals surface area (Å²) in [6, 6.07) is 18.6. The molecule has 0 saturated carbocycles. The van der Waals surface area contributed by atoms with E-state index in [0.717, 1.165) is 11.1 Å². The van der Waals surface area contributed by atoms with Crippen molar-refractivity contribution in [2.75, 3.05) is 23.8 Å². The summed E-state index contributed by atoms with van der Waals surface area (Å²) in [6.07, 6.45) is 0. The number of anilines is 2. The minimum absolute atomic E-state index is 0.190. The van der Waals surface area contributed by atoms with Crippen molar-refractivity contribution in [2.45, 2.75) is 18.7 Å². The number of sulfonamides is 1. The van der Waals surface area contributed by atoms with Crippen molar-refractivity contribution in [3.05, 3.63) is 83.4 Å². The second kappa shape index (κ2) is 8.59. The number of methoxy groups -OCH3 is 1. The molecule has 7 heteroatoms. The Balaban J connectivity index is 1.88. The van der Waals surface area contributed by atoms with Gasteiger partial charge in [0.2, 0.25) is 0 Å². The van der Waals surface area contributed by atoms with Crippen molar-refractivity contribution < 1.29 is 17.9 Å². The molecule has 0 aliphatic rings. The van der Waals surface area contributed by atoms with Crippen LogP contribution in [0.2, 0.25) is 0 Å². The molecule has 0 heterocycles. The highest BCUT2D eigenvalue weighted by Gasteiger charge is 2.22. The highest BCUT2D eigenvalue weighted by molar-refractivity contribution is 7.92. The molecule has 0 radical (unpaired) electrons. The zero-order valence-electron chi connectivity index (χ0n) is 17.3. The minimum atomic E-state index is -3.74. The number of ether oxygens (including phenoxy) is 1. The molecule has 1 amide bonds. The maximum absolute atomic E-state index is 12.9. The van der Waals surface area contributed by atoms with Crippen LogP contribution in [-0.2, 0) is 10.0 Å². The molecule has 6 nitrogen and oxygen atoms in total. The van der Waals surface area contributed by atoms with Crippen LogP contribution in [0.25, 0.3) is 0 Å². The third-order valence-electron chi connectivity index (χ3n) is 4.75. The molecule has 0 unspecified atom stereocenters. The van der Waals surface area contributed by atoms with Gasteiger partial charge in [0.05, 0.1) is 23.4 Å². The molecule has 0 aliphatic carbocycles. The van der Waals surface area contributed by atoms with E-state index < -0.39 is 10.0 Å². The molecule has 0 saturated heterocycles. The van der Waals surface area contributed by atoms with Crippen LogP contribution in [-0.4, -0.2) is 28.5 Å². The van der Waals surface area contributed by atoms with Gasteiger partial charge < -0.3 is 10.1 Å². The monoisotopic (exact) mass is 424 g/mol. The van der Waals surface area contributed by atoms with Gasteiger partial charge in [-0.2, -0.15) is 0 Å². The van der Waals surface area contributed by atoms with E-state index in [1.807, 2.05) is 26.0 Å². The topological polar surface area (TPSA) is 75.7 Å². The fraction of sp³-hybridized carbons (Fsp3) is 0.174. The highest BCUT2D eigenvalue weighted by atomic mass is 32.2. The predicted molar refractivity (Wildman–Crippen MR) is 119 cm³/mol. The Morgan fingerprint density at radius 1 is 0.933 bits per heavy atom. The maximum atomic E-state index is 12.9. The summed E-state index contributed by atoms with van der Waals surface area (Å²) in [5, 5.41) is 2.83. The van der Waals surface area contributed by atoms with E-state index in [4.69, 9.17) is 4.74 Å². The van der Waals surface area contributed by atoms with Crippen molar-refractivity contribution >= 4 is 27.3 Å². The average molecular weight is 425 g/mol. The second-order valence-electron chi connectivity index (χ2n) is 6.99. The van der Waals surface area contributed by atoms with E-state index in [2.05, 4.69) is 5.32 Å². The van der Waals surface area contributed by atoms with Crippen LogP contribution in [0.5, 0.6) is 5.75 Å². The summed E-state index contributed by atoms with van der Waals surface area (Å²) in [4.78, 5) is 13.0. The molecule has 0 aromatic heterocycles. The first-order valence-corrected chi connectivity index (χ1v) is 10.8. The molecule has 156 valence electrons. The van der Waals surface area contributed by atoms with Gasteiger partial charge in [0.15, 0.2) is 0 Å². The lowest BCUT2D eigenvalue weighted by molar-refractivity contribution is 0.102. The number of carbonyl (C=O) groups is 1. The van der Waals surface area contributed by atoms with Crippen molar-refractivity contribution in [2.24, 2.45) is 0 Å². The first-order chi connectivity index (χ1) is 14.2. The van der Waals surface area contributed by atoms with Gasteiger partial charge in [0.25, 0.3) is 15.9 Å². The van der Waals surface area contributed by atoms with E-state index >= 15 is 0 Å². The second-order valence-corrected chi connectivity index (χ2v) is 8.96. The van der Waals surface area contributed by atoms with E-state index in [1.54, 1.807) is 54.6 Å². The Morgan fingerprint density at radius 2 is 1.60 bits per heavy atom. The van der Waals surface area contributed by atoms with Crippen LogP contribution < -0.4 is 14.4 Å². The van der Waals surface area contributed by atoms with Crippen LogP contribution in [0, 0.1) is 13.8 Å². The minimum Gasteiger partial charge on any atom is -0.495 e. The summed E-state index contributed by atoms with van der Waals surface area (Å²) in [5.41, 5.74) is 3.22. The molecule has 0 aliphatic heterocycles. The van der Waals surface area contributed by atoms with Crippen LogP contribution in [0.3, 0.4) is 0 Å². The largest absolute Gasteiger partial charge is 0.495 e. The first kappa shape index (κ1) is 21.4. The maximum Gasteiger partial charge on any atom is 0.264 e. The number of carbonyl (C=O) groups excluding carboxylic acids is 1. The molecule has 1 N–H and O–H groups in total. The predicted octanol–water partition coefficient (Wildman–Crippen LogP) is 4.39. The van der Waals surface area contributed by atoms with Gasteiger partial charge in [0.1, 0.15) is 5.75 Å². The Morgan fingerprint density at radius 3 is 2.27 bits per heavy atom. The third kappa shape index (κ3) is 4.46. The summed E-state index contributed by atoms with van der Waals surface area (Å²) >= 11 is 0. The standard InChI is InChI=1S/C23H24N2O4S/c1-16-8-11-20(12-9-16)30(27,28)25(3)19-7-5-6-18(15-19)23(26)24-21-14-17(2)10-13-22(21)29-4/h5-15H,1-4H3,(H,24,26). The SMILES string of the molecule is COc1ccc(C)cc1NC(=O)c1cccc(N(C)S(=O)(=O)c2ccc(C)cc2)c1. The van der Waals surface area contributed by atoms with Gasteiger partial charge in [-0.15, -0.1) is 0 Å². The van der Waals surface area contributed by atoms with Crippen LogP contribution in [0.1, 0.15) is 21.5 Å². The lowest BCUT2D eigenvalue weighted by Gasteiger charge is -2.20. The van der Waals surface area contributed by atoms with Gasteiger partial charge in [-0.3, -0.25) is 9.10 Å². The summed E-state index contributed by atoms with van der Waals surface area (Å²) in [5.74, 6) is 0.186. The molecular formula is C23H24N2O4S. The molecule has 3 rings (SSSR count). The van der Waals surface area contributed by atoms with Crippen molar-refractivity contribution in [3.8, 4) is 5.75 Å². The molecule has 0 bridgehead atoms. The lowest BCUT2D eigenvalue weighted by Crippen LogP contribution is -2.27. The quantitative estimate of drug-likeness (QED) is 0.637. The van der Waals surface area contributed by atoms with E-state index in [0.29, 0.717) is 22.7 Å². The van der Waals surface area contributed by atoms with E-state index in [-0.39, 0.29) is 10.8 Å². The van der Waals surface area contributed by atoms with Crippen LogP contribution >= 0.6 is 0 Å². The van der Waals surface area contributed by atoms with Crippen molar-refractivity contribution in [1.82, 2.24) is 0 Å². The number of hydrogen-bond donors (Lipinski definition) is 1. The third-order valence-corrected chi connectivity index (χ3v) is 6.55. The van der Waals surface area contributed by atoms with Crippen LogP contribution in [0.4, 0.5) is 11.4 Å². The zero-order valence-corrected chi connectivity index (χ0v) is 18.2. The van der Waals surface area contributed by atoms with Crippen molar-refractivity contribution in [1.29, 1.82) is 0 Å².